The van der Waals surface area contributed by atoms with E-state index in [9.17, 15) is 13.2 Å². The maximum Gasteiger partial charge on any atom is 0.256 e. The summed E-state index contributed by atoms with van der Waals surface area (Å²) in [4.78, 5) is 27.8. The normalized spacial score (nSPS) is 16.2. The number of amides is 1. The minimum atomic E-state index is -3.50. The third-order valence-corrected chi connectivity index (χ3v) is 5.51. The van der Waals surface area contributed by atoms with E-state index in [4.69, 9.17) is 0 Å². The molecule has 1 fully saturated rings. The van der Waals surface area contributed by atoms with Crippen LogP contribution in [0, 0.1) is 0 Å². The Balaban J connectivity index is 1.54. The smallest absolute Gasteiger partial charge is 0.256 e. The van der Waals surface area contributed by atoms with Gasteiger partial charge in [0.25, 0.3) is 5.91 Å². The molecule has 31 heavy (non-hydrogen) atoms. The SMILES string of the molecule is CS(=O)(=O)Nc1ccccc1C(=O)N1CCC[C@@H]1c1ccc(Nc2ncccn2)cn1. The summed E-state index contributed by atoms with van der Waals surface area (Å²) in [7, 11) is -3.50. The molecule has 3 aromatic rings. The van der Waals surface area contributed by atoms with E-state index in [2.05, 4.69) is 25.0 Å². The van der Waals surface area contributed by atoms with Crippen LogP contribution in [0.1, 0.15) is 34.9 Å². The Hall–Kier alpha value is -3.53. The third-order valence-electron chi connectivity index (χ3n) is 4.92. The molecule has 1 atom stereocenters. The standard InChI is InChI=1S/C21H22N6O3S/c1-31(29,30)26-17-7-3-2-6-16(17)20(28)27-13-4-8-19(27)18-10-9-15(14-24-18)25-21-22-11-5-12-23-21/h2-3,5-7,9-12,14,19,26H,4,8,13H2,1H3,(H,22,23,25)/t19-/m1/s1. The van der Waals surface area contributed by atoms with Crippen LogP contribution in [0.25, 0.3) is 0 Å². The lowest BCUT2D eigenvalue weighted by Gasteiger charge is -2.25. The van der Waals surface area contributed by atoms with Gasteiger partial charge in [-0.15, -0.1) is 0 Å². The zero-order valence-electron chi connectivity index (χ0n) is 16.9. The molecule has 1 aliphatic rings. The van der Waals surface area contributed by atoms with Gasteiger partial charge >= 0.3 is 0 Å². The fourth-order valence-electron chi connectivity index (χ4n) is 3.60. The van der Waals surface area contributed by atoms with Gasteiger partial charge in [0.1, 0.15) is 0 Å². The summed E-state index contributed by atoms with van der Waals surface area (Å²) in [6.45, 7) is 0.580. The first-order valence-corrected chi connectivity index (χ1v) is 11.7. The molecule has 2 aromatic heterocycles. The average Bonchev–Trinajstić information content (AvgIpc) is 3.24. The van der Waals surface area contributed by atoms with Crippen LogP contribution in [0.4, 0.5) is 17.3 Å². The van der Waals surface area contributed by atoms with Gasteiger partial charge in [0, 0.05) is 18.9 Å². The molecule has 0 bridgehead atoms. The second-order valence-electron chi connectivity index (χ2n) is 7.25. The molecular formula is C21H22N6O3S. The van der Waals surface area contributed by atoms with Crippen LogP contribution in [-0.2, 0) is 10.0 Å². The molecule has 0 saturated carbocycles. The van der Waals surface area contributed by atoms with Crippen LogP contribution >= 0.6 is 0 Å². The number of hydrogen-bond donors (Lipinski definition) is 2. The fraction of sp³-hybridized carbons (Fsp3) is 0.238. The summed E-state index contributed by atoms with van der Waals surface area (Å²) >= 11 is 0. The Morgan fingerprint density at radius 1 is 1.06 bits per heavy atom. The Morgan fingerprint density at radius 3 is 2.55 bits per heavy atom. The Kier molecular flexibility index (Phi) is 5.81. The number of likely N-dealkylation sites (tertiary alicyclic amines) is 1. The summed E-state index contributed by atoms with van der Waals surface area (Å²) in [6, 6.07) is 11.9. The molecule has 4 rings (SSSR count). The molecule has 1 amide bonds. The van der Waals surface area contributed by atoms with Gasteiger partial charge in [0.2, 0.25) is 16.0 Å². The van der Waals surface area contributed by atoms with Gasteiger partial charge in [0.05, 0.1) is 41.1 Å². The number of sulfonamides is 1. The monoisotopic (exact) mass is 438 g/mol. The van der Waals surface area contributed by atoms with E-state index in [0.717, 1.165) is 30.5 Å². The van der Waals surface area contributed by atoms with Crippen molar-refractivity contribution in [3.05, 3.63) is 72.3 Å². The molecular weight excluding hydrogens is 416 g/mol. The van der Waals surface area contributed by atoms with Gasteiger partial charge < -0.3 is 10.2 Å². The van der Waals surface area contributed by atoms with E-state index in [0.29, 0.717) is 18.1 Å². The number of carbonyl (C=O) groups excluding carboxylic acids is 1. The Morgan fingerprint density at radius 2 is 1.84 bits per heavy atom. The largest absolute Gasteiger partial charge is 0.330 e. The topological polar surface area (TPSA) is 117 Å². The molecule has 1 aromatic carbocycles. The van der Waals surface area contributed by atoms with E-state index in [-0.39, 0.29) is 17.6 Å². The maximum atomic E-state index is 13.3. The lowest BCUT2D eigenvalue weighted by molar-refractivity contribution is 0.0734. The Bertz CT molecular complexity index is 1170. The summed E-state index contributed by atoms with van der Waals surface area (Å²) in [6.07, 6.45) is 7.68. The number of hydrogen-bond acceptors (Lipinski definition) is 7. The van der Waals surface area contributed by atoms with Crippen molar-refractivity contribution in [3.8, 4) is 0 Å². The zero-order valence-corrected chi connectivity index (χ0v) is 17.7. The fourth-order valence-corrected chi connectivity index (χ4v) is 4.18. The first kappa shape index (κ1) is 20.7. The predicted molar refractivity (Wildman–Crippen MR) is 117 cm³/mol. The second kappa shape index (κ2) is 8.68. The van der Waals surface area contributed by atoms with Crippen LogP contribution in [-0.4, -0.2) is 47.0 Å². The second-order valence-corrected chi connectivity index (χ2v) is 8.99. The van der Waals surface area contributed by atoms with Crippen molar-refractivity contribution in [1.82, 2.24) is 19.9 Å². The van der Waals surface area contributed by atoms with Gasteiger partial charge in [-0.1, -0.05) is 12.1 Å². The highest BCUT2D eigenvalue weighted by atomic mass is 32.2. The molecule has 0 aliphatic carbocycles. The van der Waals surface area contributed by atoms with E-state index in [1.54, 1.807) is 53.8 Å². The molecule has 10 heteroatoms. The van der Waals surface area contributed by atoms with Crippen molar-refractivity contribution in [2.24, 2.45) is 0 Å². The first-order chi connectivity index (χ1) is 14.9. The van der Waals surface area contributed by atoms with Gasteiger partial charge in [0.15, 0.2) is 0 Å². The first-order valence-electron chi connectivity index (χ1n) is 9.78. The number of aromatic nitrogens is 3. The van der Waals surface area contributed by atoms with E-state index >= 15 is 0 Å². The van der Waals surface area contributed by atoms with Crippen molar-refractivity contribution in [2.75, 3.05) is 22.8 Å². The van der Waals surface area contributed by atoms with Crippen molar-refractivity contribution in [3.63, 3.8) is 0 Å². The number of anilines is 3. The number of para-hydroxylation sites is 1. The highest BCUT2D eigenvalue weighted by molar-refractivity contribution is 7.92. The maximum absolute atomic E-state index is 13.3. The van der Waals surface area contributed by atoms with Crippen LogP contribution in [0.15, 0.2) is 61.1 Å². The van der Waals surface area contributed by atoms with Gasteiger partial charge in [-0.05, 0) is 43.2 Å². The van der Waals surface area contributed by atoms with Crippen LogP contribution in [0.3, 0.4) is 0 Å². The Labute approximate surface area is 180 Å². The van der Waals surface area contributed by atoms with Crippen molar-refractivity contribution < 1.29 is 13.2 Å². The number of rotatable bonds is 6. The van der Waals surface area contributed by atoms with Gasteiger partial charge in [-0.3, -0.25) is 14.5 Å². The van der Waals surface area contributed by atoms with Gasteiger partial charge in [-0.2, -0.15) is 0 Å². The molecule has 2 N–H and O–H groups in total. The lowest BCUT2D eigenvalue weighted by atomic mass is 10.1. The third kappa shape index (κ3) is 4.97. The van der Waals surface area contributed by atoms with Crippen molar-refractivity contribution in [1.29, 1.82) is 0 Å². The van der Waals surface area contributed by atoms with Crippen LogP contribution in [0.5, 0.6) is 0 Å². The minimum absolute atomic E-state index is 0.180. The molecule has 0 radical (unpaired) electrons. The molecule has 9 nitrogen and oxygen atoms in total. The summed E-state index contributed by atoms with van der Waals surface area (Å²) < 4.78 is 25.8. The highest BCUT2D eigenvalue weighted by Gasteiger charge is 2.32. The van der Waals surface area contributed by atoms with E-state index in [1.807, 2.05) is 12.1 Å². The number of carbonyl (C=O) groups is 1. The molecule has 3 heterocycles. The lowest BCUT2D eigenvalue weighted by Crippen LogP contribution is -2.31. The minimum Gasteiger partial charge on any atom is -0.330 e. The van der Waals surface area contributed by atoms with Gasteiger partial charge in [-0.25, -0.2) is 18.4 Å². The summed E-state index contributed by atoms with van der Waals surface area (Å²) in [5.74, 6) is 0.251. The quantitative estimate of drug-likeness (QED) is 0.607. The number of nitrogens with one attached hydrogen (secondary N) is 2. The average molecular weight is 439 g/mol. The molecule has 0 spiro atoms. The highest BCUT2D eigenvalue weighted by Crippen LogP contribution is 2.33. The molecule has 1 saturated heterocycles. The van der Waals surface area contributed by atoms with E-state index < -0.39 is 10.0 Å². The number of benzene rings is 1. The summed E-state index contributed by atoms with van der Waals surface area (Å²) in [5, 5.41) is 3.08. The van der Waals surface area contributed by atoms with Crippen LogP contribution < -0.4 is 10.0 Å². The molecule has 1 aliphatic heterocycles. The molecule has 160 valence electrons. The van der Waals surface area contributed by atoms with E-state index in [1.165, 1.54) is 0 Å². The molecule has 0 unspecified atom stereocenters. The summed E-state index contributed by atoms with van der Waals surface area (Å²) in [5.41, 5.74) is 2.11. The number of pyridine rings is 1. The number of nitrogens with zero attached hydrogens (tertiary/aromatic N) is 4. The van der Waals surface area contributed by atoms with Crippen molar-refractivity contribution >= 4 is 33.3 Å². The predicted octanol–water partition coefficient (Wildman–Crippen LogP) is 2.96. The zero-order chi connectivity index (χ0) is 21.8. The van der Waals surface area contributed by atoms with Crippen LogP contribution in [0.2, 0.25) is 0 Å². The van der Waals surface area contributed by atoms with Crippen molar-refractivity contribution in [2.45, 2.75) is 18.9 Å².